The molecule has 0 unspecified atom stereocenters. The van der Waals surface area contributed by atoms with Gasteiger partial charge in [-0.15, -0.1) is 0 Å². The lowest BCUT2D eigenvalue weighted by atomic mass is 9.90. The molecule has 0 saturated carbocycles. The Morgan fingerprint density at radius 1 is 0.714 bits per heavy atom. The van der Waals surface area contributed by atoms with E-state index in [1.54, 1.807) is 0 Å². The average molecular weight is 305 g/mol. The van der Waals surface area contributed by atoms with Gasteiger partial charge in [-0.1, -0.05) is 27.2 Å². The molecule has 21 heavy (non-hydrogen) atoms. The van der Waals surface area contributed by atoms with E-state index in [0.717, 1.165) is 26.1 Å². The molecule has 0 saturated heterocycles. The summed E-state index contributed by atoms with van der Waals surface area (Å²) in [6.45, 7) is 12.5. The summed E-state index contributed by atoms with van der Waals surface area (Å²) in [6.07, 6.45) is 3.26. The maximum Gasteiger partial charge on any atom is 0.0701 e. The Morgan fingerprint density at radius 3 is 1.57 bits per heavy atom. The normalized spacial score (nSPS) is 12.0. The fraction of sp³-hybridized carbons (Fsp3) is 1.00. The minimum Gasteiger partial charge on any atom is -0.379 e. The van der Waals surface area contributed by atoms with Gasteiger partial charge in [-0.05, 0) is 24.8 Å². The molecular formula is C16H35NO4. The first-order chi connectivity index (χ1) is 10.1. The average Bonchev–Trinajstić information content (AvgIpc) is 2.47. The molecule has 5 nitrogen and oxygen atoms in total. The first-order valence-corrected chi connectivity index (χ1v) is 8.13. The molecule has 0 aliphatic rings. The molecule has 0 fully saturated rings. The third-order valence-corrected chi connectivity index (χ3v) is 3.23. The predicted octanol–water partition coefficient (Wildman–Crippen LogP) is 2.23. The quantitative estimate of drug-likeness (QED) is 0.443. The highest BCUT2D eigenvalue weighted by molar-refractivity contribution is 4.68. The van der Waals surface area contributed by atoms with Crippen LogP contribution in [0.4, 0.5) is 0 Å². The van der Waals surface area contributed by atoms with Gasteiger partial charge in [0.2, 0.25) is 0 Å². The van der Waals surface area contributed by atoms with Gasteiger partial charge in [0.15, 0.2) is 0 Å². The van der Waals surface area contributed by atoms with Crippen molar-refractivity contribution in [3.8, 4) is 0 Å². The molecular weight excluding hydrogens is 270 g/mol. The Balaban J connectivity index is 3.06. The van der Waals surface area contributed by atoms with Crippen LogP contribution in [-0.4, -0.2) is 59.4 Å². The van der Waals surface area contributed by atoms with Crippen LogP contribution in [0.1, 0.15) is 40.0 Å². The van der Waals surface area contributed by atoms with Crippen LogP contribution in [0.3, 0.4) is 0 Å². The SMILES string of the molecule is CCCCOCCOCCOCCOCCC(C)(C)CN. The van der Waals surface area contributed by atoms with Crippen LogP contribution in [0.5, 0.6) is 0 Å². The third kappa shape index (κ3) is 16.0. The zero-order chi connectivity index (χ0) is 15.8. The van der Waals surface area contributed by atoms with E-state index in [9.17, 15) is 0 Å². The fourth-order valence-corrected chi connectivity index (χ4v) is 1.46. The highest BCUT2D eigenvalue weighted by Crippen LogP contribution is 2.17. The molecule has 0 aromatic rings. The minimum atomic E-state index is 0.161. The standard InChI is InChI=1S/C16H35NO4/c1-4-5-7-18-9-11-20-13-14-21-12-10-19-8-6-16(2,3)15-17/h4-15,17H2,1-3H3. The van der Waals surface area contributed by atoms with Crippen LogP contribution in [0.25, 0.3) is 0 Å². The molecule has 128 valence electrons. The second-order valence-electron chi connectivity index (χ2n) is 5.92. The highest BCUT2D eigenvalue weighted by Gasteiger charge is 2.14. The Kier molecular flexibility index (Phi) is 14.6. The van der Waals surface area contributed by atoms with Crippen molar-refractivity contribution in [3.63, 3.8) is 0 Å². The van der Waals surface area contributed by atoms with E-state index in [0.29, 0.717) is 46.2 Å². The van der Waals surface area contributed by atoms with Gasteiger partial charge in [0, 0.05) is 13.2 Å². The smallest absolute Gasteiger partial charge is 0.0701 e. The first-order valence-electron chi connectivity index (χ1n) is 8.13. The van der Waals surface area contributed by atoms with Crippen molar-refractivity contribution in [2.75, 3.05) is 59.4 Å². The van der Waals surface area contributed by atoms with E-state index >= 15 is 0 Å². The molecule has 5 heteroatoms. The minimum absolute atomic E-state index is 0.161. The molecule has 0 rings (SSSR count). The van der Waals surface area contributed by atoms with Gasteiger partial charge in [0.05, 0.1) is 39.6 Å². The molecule has 0 heterocycles. The van der Waals surface area contributed by atoms with Gasteiger partial charge in [-0.25, -0.2) is 0 Å². The van der Waals surface area contributed by atoms with Gasteiger partial charge in [-0.3, -0.25) is 0 Å². The summed E-state index contributed by atoms with van der Waals surface area (Å²) in [7, 11) is 0. The van der Waals surface area contributed by atoms with Gasteiger partial charge >= 0.3 is 0 Å². The molecule has 0 aliphatic heterocycles. The fourth-order valence-electron chi connectivity index (χ4n) is 1.46. The topological polar surface area (TPSA) is 62.9 Å². The molecule has 2 N–H and O–H groups in total. The number of hydrogen-bond donors (Lipinski definition) is 1. The van der Waals surface area contributed by atoms with Crippen LogP contribution in [-0.2, 0) is 18.9 Å². The number of ether oxygens (including phenoxy) is 4. The van der Waals surface area contributed by atoms with Crippen LogP contribution in [0.15, 0.2) is 0 Å². The van der Waals surface area contributed by atoms with Crippen LogP contribution < -0.4 is 5.73 Å². The third-order valence-electron chi connectivity index (χ3n) is 3.23. The molecule has 0 radical (unpaired) electrons. The van der Waals surface area contributed by atoms with E-state index in [2.05, 4.69) is 20.8 Å². The second kappa shape index (κ2) is 14.7. The van der Waals surface area contributed by atoms with E-state index in [1.165, 1.54) is 6.42 Å². The summed E-state index contributed by atoms with van der Waals surface area (Å²) in [5.74, 6) is 0. The number of hydrogen-bond acceptors (Lipinski definition) is 5. The van der Waals surface area contributed by atoms with Gasteiger partial charge in [0.25, 0.3) is 0 Å². The summed E-state index contributed by atoms with van der Waals surface area (Å²) in [6, 6.07) is 0. The predicted molar refractivity (Wildman–Crippen MR) is 85.6 cm³/mol. The van der Waals surface area contributed by atoms with Gasteiger partial charge in [0.1, 0.15) is 0 Å². The number of nitrogens with two attached hydrogens (primary N) is 1. The van der Waals surface area contributed by atoms with Crippen molar-refractivity contribution in [1.82, 2.24) is 0 Å². The summed E-state index contributed by atoms with van der Waals surface area (Å²) >= 11 is 0. The summed E-state index contributed by atoms with van der Waals surface area (Å²) < 4.78 is 21.7. The molecule has 0 spiro atoms. The Hall–Kier alpha value is -0.200. The van der Waals surface area contributed by atoms with Crippen molar-refractivity contribution in [3.05, 3.63) is 0 Å². The molecule has 0 atom stereocenters. The van der Waals surface area contributed by atoms with Crippen molar-refractivity contribution < 1.29 is 18.9 Å². The molecule has 0 bridgehead atoms. The van der Waals surface area contributed by atoms with E-state index in [4.69, 9.17) is 24.7 Å². The molecule has 0 amide bonds. The Labute approximate surface area is 130 Å². The Morgan fingerprint density at radius 2 is 1.14 bits per heavy atom. The summed E-state index contributed by atoms with van der Waals surface area (Å²) in [4.78, 5) is 0. The van der Waals surface area contributed by atoms with Crippen LogP contribution in [0, 0.1) is 5.41 Å². The largest absolute Gasteiger partial charge is 0.379 e. The molecule has 0 aliphatic carbocycles. The molecule has 0 aromatic carbocycles. The lowest BCUT2D eigenvalue weighted by molar-refractivity contribution is -0.00443. The van der Waals surface area contributed by atoms with Gasteiger partial charge < -0.3 is 24.7 Å². The van der Waals surface area contributed by atoms with Crippen molar-refractivity contribution in [2.45, 2.75) is 40.0 Å². The summed E-state index contributed by atoms with van der Waals surface area (Å²) in [5.41, 5.74) is 5.82. The van der Waals surface area contributed by atoms with E-state index < -0.39 is 0 Å². The lowest BCUT2D eigenvalue weighted by Gasteiger charge is -2.21. The number of rotatable bonds is 16. The van der Waals surface area contributed by atoms with E-state index in [1.807, 2.05) is 0 Å². The monoisotopic (exact) mass is 305 g/mol. The maximum atomic E-state index is 5.66. The van der Waals surface area contributed by atoms with Crippen molar-refractivity contribution in [2.24, 2.45) is 11.1 Å². The maximum absolute atomic E-state index is 5.66. The van der Waals surface area contributed by atoms with Crippen molar-refractivity contribution >= 4 is 0 Å². The lowest BCUT2D eigenvalue weighted by Crippen LogP contribution is -2.25. The number of unbranched alkanes of at least 4 members (excludes halogenated alkanes) is 1. The highest BCUT2D eigenvalue weighted by atomic mass is 16.6. The van der Waals surface area contributed by atoms with Crippen LogP contribution in [0.2, 0.25) is 0 Å². The zero-order valence-electron chi connectivity index (χ0n) is 14.2. The van der Waals surface area contributed by atoms with Gasteiger partial charge in [-0.2, -0.15) is 0 Å². The molecule has 0 aromatic heterocycles. The Bertz CT molecular complexity index is 212. The van der Waals surface area contributed by atoms with Crippen molar-refractivity contribution in [1.29, 1.82) is 0 Å². The second-order valence-corrected chi connectivity index (χ2v) is 5.92. The van der Waals surface area contributed by atoms with E-state index in [-0.39, 0.29) is 5.41 Å². The van der Waals surface area contributed by atoms with Crippen LogP contribution >= 0.6 is 0 Å². The summed E-state index contributed by atoms with van der Waals surface area (Å²) in [5, 5.41) is 0. The first kappa shape index (κ1) is 20.8. The zero-order valence-corrected chi connectivity index (χ0v) is 14.2.